The molecule has 83 valence electrons. The predicted octanol–water partition coefficient (Wildman–Crippen LogP) is 2.42. The molecule has 0 saturated heterocycles. The molecule has 3 N–H and O–H groups in total. The third-order valence-corrected chi connectivity index (χ3v) is 2.39. The fourth-order valence-electron chi connectivity index (χ4n) is 1.50. The van der Waals surface area contributed by atoms with E-state index >= 15 is 0 Å². The second-order valence-electron chi connectivity index (χ2n) is 3.58. The summed E-state index contributed by atoms with van der Waals surface area (Å²) in [4.78, 5) is 0. The molecule has 1 aliphatic rings. The van der Waals surface area contributed by atoms with Crippen LogP contribution in [-0.4, -0.2) is 5.11 Å². The van der Waals surface area contributed by atoms with Crippen LogP contribution >= 0.6 is 0 Å². The van der Waals surface area contributed by atoms with Crippen LogP contribution < -0.4 is 5.73 Å². The van der Waals surface area contributed by atoms with Crippen molar-refractivity contribution in [2.75, 3.05) is 0 Å². The highest BCUT2D eigenvalue weighted by Gasteiger charge is 2.13. The zero-order valence-corrected chi connectivity index (χ0v) is 8.89. The van der Waals surface area contributed by atoms with Crippen LogP contribution in [0.2, 0.25) is 0 Å². The molecule has 0 amide bonds. The van der Waals surface area contributed by atoms with Crippen LogP contribution in [0.5, 0.6) is 0 Å². The van der Waals surface area contributed by atoms with Crippen molar-refractivity contribution < 1.29 is 9.84 Å². The lowest BCUT2D eigenvalue weighted by molar-refractivity contribution is 0.200. The van der Waals surface area contributed by atoms with E-state index in [4.69, 9.17) is 10.5 Å². The zero-order valence-electron chi connectivity index (χ0n) is 8.89. The Hall–Kier alpha value is -1.90. The van der Waals surface area contributed by atoms with Crippen molar-refractivity contribution in [3.8, 4) is 0 Å². The first-order valence-corrected chi connectivity index (χ1v) is 5.16. The van der Waals surface area contributed by atoms with E-state index in [0.29, 0.717) is 24.5 Å². The first-order valence-electron chi connectivity index (χ1n) is 5.16. The van der Waals surface area contributed by atoms with Gasteiger partial charge in [0.15, 0.2) is 0 Å². The number of aliphatic hydroxyl groups is 1. The normalized spacial score (nSPS) is 15.9. The Morgan fingerprint density at radius 3 is 2.75 bits per heavy atom. The lowest BCUT2D eigenvalue weighted by Crippen LogP contribution is -2.12. The van der Waals surface area contributed by atoms with Crippen LogP contribution in [0.1, 0.15) is 12.0 Å². The van der Waals surface area contributed by atoms with E-state index in [1.165, 1.54) is 0 Å². The maximum atomic E-state index is 9.42. The molecule has 2 rings (SSSR count). The zero-order chi connectivity index (χ0) is 11.4. The Bertz CT molecular complexity index is 421. The van der Waals surface area contributed by atoms with Gasteiger partial charge in [0, 0.05) is 6.42 Å². The highest BCUT2D eigenvalue weighted by molar-refractivity contribution is 5.34. The molecule has 0 heterocycles. The number of ether oxygens (including phenoxy) is 1. The molecule has 3 heteroatoms. The third-order valence-electron chi connectivity index (χ3n) is 2.39. The maximum absolute atomic E-state index is 9.42. The molecular weight excluding hydrogens is 202 g/mol. The number of aliphatic hydroxyl groups excluding tert-OH is 1. The van der Waals surface area contributed by atoms with Crippen molar-refractivity contribution in [1.29, 1.82) is 0 Å². The van der Waals surface area contributed by atoms with Crippen LogP contribution in [0, 0.1) is 6.42 Å². The lowest BCUT2D eigenvalue weighted by Gasteiger charge is -2.15. The van der Waals surface area contributed by atoms with Crippen molar-refractivity contribution >= 4 is 0 Å². The molecule has 0 fully saturated rings. The summed E-state index contributed by atoms with van der Waals surface area (Å²) in [6.45, 7) is 0.459. The monoisotopic (exact) mass is 216 g/mol. The first kappa shape index (κ1) is 10.6. The van der Waals surface area contributed by atoms with E-state index in [9.17, 15) is 5.11 Å². The maximum Gasteiger partial charge on any atom is 0.142 e. The fraction of sp³-hybridized carbons (Fsp3) is 0.154. The Morgan fingerprint density at radius 1 is 1.25 bits per heavy atom. The van der Waals surface area contributed by atoms with E-state index in [0.717, 1.165) is 5.56 Å². The summed E-state index contributed by atoms with van der Waals surface area (Å²) in [6.07, 6.45) is 4.17. The van der Waals surface area contributed by atoms with Gasteiger partial charge in [0.1, 0.15) is 23.8 Å². The van der Waals surface area contributed by atoms with Gasteiger partial charge in [-0.15, -0.1) is 0 Å². The fourth-order valence-corrected chi connectivity index (χ4v) is 1.50. The topological polar surface area (TPSA) is 55.5 Å². The highest BCUT2D eigenvalue weighted by Crippen LogP contribution is 2.20. The second-order valence-corrected chi connectivity index (χ2v) is 3.58. The Kier molecular flexibility index (Phi) is 3.15. The molecule has 1 aliphatic carbocycles. The third kappa shape index (κ3) is 2.37. The predicted molar refractivity (Wildman–Crippen MR) is 62.1 cm³/mol. The van der Waals surface area contributed by atoms with E-state index in [1.807, 2.05) is 36.4 Å². The molecular formula is C13H14NO2. The Morgan fingerprint density at radius 2 is 2.00 bits per heavy atom. The minimum Gasteiger partial charge on any atom is -0.510 e. The number of benzene rings is 1. The van der Waals surface area contributed by atoms with Crippen molar-refractivity contribution in [1.82, 2.24) is 0 Å². The summed E-state index contributed by atoms with van der Waals surface area (Å²) in [5.74, 6) is 0.661. The van der Waals surface area contributed by atoms with Crippen LogP contribution in [0.25, 0.3) is 0 Å². The number of rotatable bonds is 3. The van der Waals surface area contributed by atoms with Crippen molar-refractivity contribution in [2.24, 2.45) is 5.73 Å². The molecule has 0 aliphatic heterocycles. The van der Waals surface area contributed by atoms with Crippen LogP contribution in [0.3, 0.4) is 0 Å². The van der Waals surface area contributed by atoms with E-state index < -0.39 is 0 Å². The molecule has 0 spiro atoms. The Labute approximate surface area is 94.8 Å². The molecule has 1 aromatic rings. The minimum atomic E-state index is 0.102. The molecule has 16 heavy (non-hydrogen) atoms. The first-order chi connectivity index (χ1) is 7.77. The second kappa shape index (κ2) is 4.75. The van der Waals surface area contributed by atoms with Gasteiger partial charge in [-0.2, -0.15) is 0 Å². The molecule has 1 radical (unpaired) electrons. The number of allylic oxidation sites excluding steroid dienone is 2. The van der Waals surface area contributed by atoms with E-state index in [1.54, 1.807) is 6.42 Å². The van der Waals surface area contributed by atoms with Crippen molar-refractivity contribution in [2.45, 2.75) is 13.0 Å². The molecule has 1 aromatic carbocycles. The summed E-state index contributed by atoms with van der Waals surface area (Å²) >= 11 is 0. The van der Waals surface area contributed by atoms with E-state index in [-0.39, 0.29) is 5.76 Å². The number of hydrogen-bond acceptors (Lipinski definition) is 3. The molecule has 0 bridgehead atoms. The van der Waals surface area contributed by atoms with Gasteiger partial charge in [0.2, 0.25) is 0 Å². The van der Waals surface area contributed by atoms with Crippen molar-refractivity contribution in [3.05, 3.63) is 65.6 Å². The quantitative estimate of drug-likeness (QED) is 0.815. The molecule has 0 atom stereocenters. The lowest BCUT2D eigenvalue weighted by atomic mass is 10.1. The van der Waals surface area contributed by atoms with Crippen LogP contribution in [0.4, 0.5) is 0 Å². The summed E-state index contributed by atoms with van der Waals surface area (Å²) in [5, 5.41) is 9.42. The van der Waals surface area contributed by atoms with E-state index in [2.05, 4.69) is 0 Å². The van der Waals surface area contributed by atoms with Gasteiger partial charge in [0.25, 0.3) is 0 Å². The summed E-state index contributed by atoms with van der Waals surface area (Å²) in [5.41, 5.74) is 7.07. The van der Waals surface area contributed by atoms with Gasteiger partial charge in [-0.1, -0.05) is 30.3 Å². The standard InChI is InChI=1S/C13H14NO2/c14-13-11(15)7-4-8-12(13)16-9-10-5-2-1-3-6-10/h1-3,5-8,15H,4,9,14H2. The van der Waals surface area contributed by atoms with Gasteiger partial charge in [0.05, 0.1) is 0 Å². The summed E-state index contributed by atoms with van der Waals surface area (Å²) < 4.78 is 5.55. The molecule has 3 nitrogen and oxygen atoms in total. The van der Waals surface area contributed by atoms with Gasteiger partial charge in [-0.25, -0.2) is 0 Å². The van der Waals surface area contributed by atoms with Gasteiger partial charge in [-0.3, -0.25) is 0 Å². The largest absolute Gasteiger partial charge is 0.510 e. The average Bonchev–Trinajstić information content (AvgIpc) is 2.32. The summed E-state index contributed by atoms with van der Waals surface area (Å²) in [7, 11) is 0. The smallest absolute Gasteiger partial charge is 0.142 e. The Balaban J connectivity index is 1.99. The van der Waals surface area contributed by atoms with Crippen molar-refractivity contribution in [3.63, 3.8) is 0 Å². The average molecular weight is 216 g/mol. The van der Waals surface area contributed by atoms with Gasteiger partial charge in [-0.05, 0) is 18.1 Å². The van der Waals surface area contributed by atoms with Crippen LogP contribution in [-0.2, 0) is 11.3 Å². The minimum absolute atomic E-state index is 0.102. The number of nitrogens with two attached hydrogens (primary N) is 1. The van der Waals surface area contributed by atoms with Crippen LogP contribution in [0.15, 0.2) is 53.6 Å². The van der Waals surface area contributed by atoms with Gasteiger partial charge < -0.3 is 15.6 Å². The summed E-state index contributed by atoms with van der Waals surface area (Å²) in [6, 6.07) is 9.83. The highest BCUT2D eigenvalue weighted by atomic mass is 16.5. The molecule has 0 saturated carbocycles. The molecule has 0 aromatic heterocycles. The molecule has 0 unspecified atom stereocenters. The SMILES string of the molecule is NC1=C(O)[CH]CC=C1OCc1ccccc1. The number of hydrogen-bond donors (Lipinski definition) is 2. The van der Waals surface area contributed by atoms with Gasteiger partial charge >= 0.3 is 0 Å².